The maximum Gasteiger partial charge on any atom is 0.416 e. The molecule has 1 aliphatic rings. The Kier molecular flexibility index (Phi) is 5.66. The van der Waals surface area contributed by atoms with Gasteiger partial charge in [-0.1, -0.05) is 6.07 Å². The summed E-state index contributed by atoms with van der Waals surface area (Å²) in [7, 11) is 0. The first-order valence-electron chi connectivity index (χ1n) is 11.0. The van der Waals surface area contributed by atoms with Crippen molar-refractivity contribution in [3.63, 3.8) is 0 Å². The van der Waals surface area contributed by atoms with Gasteiger partial charge in [0.05, 0.1) is 28.1 Å². The van der Waals surface area contributed by atoms with Crippen molar-refractivity contribution in [1.82, 2.24) is 15.0 Å². The number of piperidine rings is 1. The zero-order valence-electron chi connectivity index (χ0n) is 18.3. The standard InChI is InChI=1S/C25H20F4N4O2/c26-19-10-14(15-4-8-22(30-12-15)33-9-1-2-16(13-33)24(34)35)3-6-18(19)23-31-20-7-5-17(25(27,28)29)11-21(20)32-23/h3-8,10-12,16H,1-2,9,13H2,(H,31,32)(H,34,35)/t16-/m1/s1. The highest BCUT2D eigenvalue weighted by molar-refractivity contribution is 5.81. The van der Waals surface area contributed by atoms with Gasteiger partial charge in [-0.3, -0.25) is 4.79 Å². The van der Waals surface area contributed by atoms with Gasteiger partial charge in [-0.05, 0) is 60.9 Å². The molecule has 0 unspecified atom stereocenters. The van der Waals surface area contributed by atoms with Gasteiger partial charge in [0.15, 0.2) is 0 Å². The molecule has 0 bridgehead atoms. The van der Waals surface area contributed by atoms with E-state index in [4.69, 9.17) is 0 Å². The number of aromatic amines is 1. The zero-order valence-corrected chi connectivity index (χ0v) is 18.3. The Morgan fingerprint density at radius 1 is 1.09 bits per heavy atom. The number of carboxylic acid groups (broad SMARTS) is 1. The zero-order chi connectivity index (χ0) is 24.7. The van der Waals surface area contributed by atoms with Gasteiger partial charge in [0.25, 0.3) is 0 Å². The monoisotopic (exact) mass is 484 g/mol. The number of halogens is 4. The first-order valence-corrected chi connectivity index (χ1v) is 11.0. The summed E-state index contributed by atoms with van der Waals surface area (Å²) in [6.45, 7) is 1.12. The summed E-state index contributed by atoms with van der Waals surface area (Å²) in [5.74, 6) is -1.02. The van der Waals surface area contributed by atoms with Crippen molar-refractivity contribution < 1.29 is 27.5 Å². The molecule has 0 aliphatic carbocycles. The summed E-state index contributed by atoms with van der Waals surface area (Å²) >= 11 is 0. The lowest BCUT2D eigenvalue weighted by molar-refractivity contribution is -0.142. The number of aliphatic carboxylic acids is 1. The minimum atomic E-state index is -4.48. The first-order chi connectivity index (χ1) is 16.7. The molecule has 10 heteroatoms. The van der Waals surface area contributed by atoms with Crippen molar-refractivity contribution in [3.05, 3.63) is 66.1 Å². The SMILES string of the molecule is O=C(O)[C@@H]1CCCN(c2ccc(-c3ccc(-c4nc5ccc(C(F)(F)F)cc5[nH]4)c(F)c3)cn2)C1. The Morgan fingerprint density at radius 3 is 2.57 bits per heavy atom. The number of carboxylic acids is 1. The molecule has 3 heterocycles. The number of pyridine rings is 1. The van der Waals surface area contributed by atoms with Gasteiger partial charge in [0.2, 0.25) is 0 Å². The highest BCUT2D eigenvalue weighted by Crippen LogP contribution is 2.33. The summed E-state index contributed by atoms with van der Waals surface area (Å²) < 4.78 is 53.9. The molecule has 5 rings (SSSR count). The second-order valence-electron chi connectivity index (χ2n) is 8.54. The predicted octanol–water partition coefficient (Wildman–Crippen LogP) is 5.75. The van der Waals surface area contributed by atoms with Gasteiger partial charge in [-0.25, -0.2) is 14.4 Å². The van der Waals surface area contributed by atoms with Crippen LogP contribution < -0.4 is 4.90 Å². The number of aromatic nitrogens is 3. The topological polar surface area (TPSA) is 82.1 Å². The quantitative estimate of drug-likeness (QED) is 0.361. The molecule has 0 amide bonds. The molecule has 2 aromatic carbocycles. The van der Waals surface area contributed by atoms with E-state index in [0.29, 0.717) is 35.4 Å². The van der Waals surface area contributed by atoms with Crippen molar-refractivity contribution in [2.75, 3.05) is 18.0 Å². The van der Waals surface area contributed by atoms with Crippen LogP contribution in [0.2, 0.25) is 0 Å². The van der Waals surface area contributed by atoms with Crippen LogP contribution in [0.1, 0.15) is 18.4 Å². The molecule has 0 spiro atoms. The van der Waals surface area contributed by atoms with Crippen molar-refractivity contribution in [2.45, 2.75) is 19.0 Å². The van der Waals surface area contributed by atoms with Gasteiger partial charge < -0.3 is 15.0 Å². The van der Waals surface area contributed by atoms with E-state index in [1.807, 2.05) is 4.90 Å². The van der Waals surface area contributed by atoms with E-state index >= 15 is 0 Å². The van der Waals surface area contributed by atoms with E-state index in [9.17, 15) is 27.5 Å². The summed E-state index contributed by atoms with van der Waals surface area (Å²) in [6.07, 6.45) is -1.47. The number of benzene rings is 2. The third-order valence-corrected chi connectivity index (χ3v) is 6.21. The van der Waals surface area contributed by atoms with Crippen LogP contribution in [0.4, 0.5) is 23.4 Å². The Morgan fingerprint density at radius 2 is 1.89 bits per heavy atom. The van der Waals surface area contributed by atoms with Crippen LogP contribution in [0.15, 0.2) is 54.7 Å². The van der Waals surface area contributed by atoms with Crippen LogP contribution in [0.25, 0.3) is 33.5 Å². The maximum absolute atomic E-state index is 15.0. The highest BCUT2D eigenvalue weighted by Gasteiger charge is 2.31. The second-order valence-corrected chi connectivity index (χ2v) is 8.54. The molecule has 0 saturated carbocycles. The van der Waals surface area contributed by atoms with Crippen molar-refractivity contribution >= 4 is 22.8 Å². The molecule has 1 atom stereocenters. The average molecular weight is 484 g/mol. The number of nitrogens with zero attached hydrogens (tertiary/aromatic N) is 3. The number of H-pyrrole nitrogens is 1. The summed E-state index contributed by atoms with van der Waals surface area (Å²) in [5.41, 5.74) is 1.04. The van der Waals surface area contributed by atoms with Crippen molar-refractivity contribution in [3.8, 4) is 22.5 Å². The van der Waals surface area contributed by atoms with Crippen LogP contribution in [0.5, 0.6) is 0 Å². The fourth-order valence-electron chi connectivity index (χ4n) is 4.33. The number of hydrogen-bond donors (Lipinski definition) is 2. The normalized spacial score (nSPS) is 16.6. The molecule has 1 aliphatic heterocycles. The molecule has 2 aromatic heterocycles. The molecule has 4 aromatic rings. The highest BCUT2D eigenvalue weighted by atomic mass is 19.4. The average Bonchev–Trinajstić information content (AvgIpc) is 3.27. The van der Waals surface area contributed by atoms with Gasteiger partial charge in [0, 0.05) is 24.8 Å². The molecule has 6 nitrogen and oxygen atoms in total. The summed E-state index contributed by atoms with van der Waals surface area (Å²) in [5, 5.41) is 9.28. The molecular formula is C25H20F4N4O2. The minimum Gasteiger partial charge on any atom is -0.481 e. The first kappa shape index (κ1) is 22.8. The fraction of sp³-hybridized carbons (Fsp3) is 0.240. The number of imidazole rings is 1. The maximum atomic E-state index is 15.0. The van der Waals surface area contributed by atoms with Crippen molar-refractivity contribution in [2.24, 2.45) is 5.92 Å². The van der Waals surface area contributed by atoms with Gasteiger partial charge >= 0.3 is 12.1 Å². The third kappa shape index (κ3) is 4.55. The van der Waals surface area contributed by atoms with E-state index in [-0.39, 0.29) is 16.9 Å². The fourth-order valence-corrected chi connectivity index (χ4v) is 4.33. The van der Waals surface area contributed by atoms with E-state index in [0.717, 1.165) is 25.1 Å². The number of alkyl halides is 3. The number of carbonyl (C=O) groups is 1. The van der Waals surface area contributed by atoms with Crippen LogP contribution in [0, 0.1) is 11.7 Å². The molecule has 35 heavy (non-hydrogen) atoms. The molecular weight excluding hydrogens is 464 g/mol. The summed E-state index contributed by atoms with van der Waals surface area (Å²) in [4.78, 5) is 24.7. The number of rotatable bonds is 4. The number of hydrogen-bond acceptors (Lipinski definition) is 4. The van der Waals surface area contributed by atoms with Crippen LogP contribution in [0.3, 0.4) is 0 Å². The Balaban J connectivity index is 1.38. The third-order valence-electron chi connectivity index (χ3n) is 6.21. The minimum absolute atomic E-state index is 0.134. The Hall–Kier alpha value is -3.95. The molecule has 180 valence electrons. The Bertz CT molecular complexity index is 1400. The van der Waals surface area contributed by atoms with Crippen LogP contribution in [-0.2, 0) is 11.0 Å². The number of anilines is 1. The van der Waals surface area contributed by atoms with Gasteiger partial charge in [-0.2, -0.15) is 13.2 Å². The smallest absolute Gasteiger partial charge is 0.416 e. The number of fused-ring (bicyclic) bond motifs is 1. The van der Waals surface area contributed by atoms with E-state index in [1.54, 1.807) is 24.4 Å². The largest absolute Gasteiger partial charge is 0.481 e. The van der Waals surface area contributed by atoms with Crippen molar-refractivity contribution in [1.29, 1.82) is 0 Å². The molecule has 1 fully saturated rings. The molecule has 2 N–H and O–H groups in total. The number of nitrogens with one attached hydrogen (secondary N) is 1. The molecule has 0 radical (unpaired) electrons. The second kappa shape index (κ2) is 8.68. The van der Waals surface area contributed by atoms with Crippen LogP contribution in [-0.4, -0.2) is 39.1 Å². The van der Waals surface area contributed by atoms with E-state index < -0.39 is 29.4 Å². The van der Waals surface area contributed by atoms with E-state index in [2.05, 4.69) is 15.0 Å². The Labute approximate surface area is 197 Å². The summed E-state index contributed by atoms with van der Waals surface area (Å²) in [6, 6.07) is 11.2. The van der Waals surface area contributed by atoms with Gasteiger partial charge in [-0.15, -0.1) is 0 Å². The van der Waals surface area contributed by atoms with E-state index in [1.165, 1.54) is 18.2 Å². The lowest BCUT2D eigenvalue weighted by Crippen LogP contribution is -2.39. The molecule has 1 saturated heterocycles. The lowest BCUT2D eigenvalue weighted by atomic mass is 9.98. The predicted molar refractivity (Wildman–Crippen MR) is 122 cm³/mol. The van der Waals surface area contributed by atoms with Crippen LogP contribution >= 0.6 is 0 Å². The lowest BCUT2D eigenvalue weighted by Gasteiger charge is -2.31. The van der Waals surface area contributed by atoms with Gasteiger partial charge in [0.1, 0.15) is 17.5 Å².